The zero-order valence-electron chi connectivity index (χ0n) is 15.1. The van der Waals surface area contributed by atoms with Crippen LogP contribution in [0.3, 0.4) is 0 Å². The predicted molar refractivity (Wildman–Crippen MR) is 106 cm³/mol. The van der Waals surface area contributed by atoms with Crippen molar-refractivity contribution in [2.75, 3.05) is 37.6 Å². The standard InChI is InChI=1S/C19H26N4OS/c1-13(2)23-17-15-6-4-5-7-16(15)25-18(17)20-19(23)22-10-8-21(9-11-22)12-14(3)24/h4-7,13-14,24H,8-12H2,1-3H3. The van der Waals surface area contributed by atoms with E-state index in [4.69, 9.17) is 4.98 Å². The number of hydrogen-bond acceptors (Lipinski definition) is 5. The molecule has 0 aliphatic carbocycles. The Morgan fingerprint density at radius 1 is 1.12 bits per heavy atom. The average molecular weight is 359 g/mol. The van der Waals surface area contributed by atoms with Gasteiger partial charge in [0, 0.05) is 48.9 Å². The van der Waals surface area contributed by atoms with Gasteiger partial charge in [0.25, 0.3) is 0 Å². The number of piperazine rings is 1. The molecular weight excluding hydrogens is 332 g/mol. The molecule has 6 heteroatoms. The Morgan fingerprint density at radius 3 is 2.52 bits per heavy atom. The van der Waals surface area contributed by atoms with Crippen molar-refractivity contribution >= 4 is 37.7 Å². The largest absolute Gasteiger partial charge is 0.392 e. The summed E-state index contributed by atoms with van der Waals surface area (Å²) in [5.74, 6) is 1.10. The van der Waals surface area contributed by atoms with Crippen molar-refractivity contribution < 1.29 is 5.11 Å². The van der Waals surface area contributed by atoms with Gasteiger partial charge in [-0.15, -0.1) is 11.3 Å². The molecule has 0 bridgehead atoms. The number of β-amino-alcohol motifs (C(OH)–C–C–N with tert-alkyl or cyclic N) is 1. The highest BCUT2D eigenvalue weighted by Crippen LogP contribution is 2.38. The van der Waals surface area contributed by atoms with Gasteiger partial charge in [0.05, 0.1) is 11.6 Å². The van der Waals surface area contributed by atoms with Crippen LogP contribution >= 0.6 is 11.3 Å². The van der Waals surface area contributed by atoms with Crippen LogP contribution < -0.4 is 4.90 Å². The number of hydrogen-bond donors (Lipinski definition) is 1. The summed E-state index contributed by atoms with van der Waals surface area (Å²) in [7, 11) is 0. The van der Waals surface area contributed by atoms with E-state index in [1.54, 1.807) is 11.3 Å². The summed E-state index contributed by atoms with van der Waals surface area (Å²) in [6.45, 7) is 11.0. The van der Waals surface area contributed by atoms with E-state index in [1.165, 1.54) is 15.6 Å². The molecule has 0 spiro atoms. The first-order chi connectivity index (χ1) is 12.0. The molecule has 0 amide bonds. The number of aliphatic hydroxyl groups excluding tert-OH is 1. The van der Waals surface area contributed by atoms with Gasteiger partial charge in [-0.3, -0.25) is 4.90 Å². The molecule has 1 aliphatic heterocycles. The smallest absolute Gasteiger partial charge is 0.207 e. The lowest BCUT2D eigenvalue weighted by Crippen LogP contribution is -2.49. The first-order valence-electron chi connectivity index (χ1n) is 9.09. The van der Waals surface area contributed by atoms with E-state index in [-0.39, 0.29) is 6.10 Å². The van der Waals surface area contributed by atoms with Gasteiger partial charge < -0.3 is 14.6 Å². The normalized spacial score (nSPS) is 17.9. The number of imidazole rings is 1. The Hall–Kier alpha value is -1.63. The average Bonchev–Trinajstić information content (AvgIpc) is 3.10. The minimum atomic E-state index is -0.263. The van der Waals surface area contributed by atoms with E-state index in [1.807, 2.05) is 6.92 Å². The summed E-state index contributed by atoms with van der Waals surface area (Å²) >= 11 is 1.78. The number of anilines is 1. The molecule has 1 saturated heterocycles. The lowest BCUT2D eigenvalue weighted by atomic mass is 10.2. The third-order valence-electron chi connectivity index (χ3n) is 4.90. The van der Waals surface area contributed by atoms with Crippen molar-refractivity contribution in [1.29, 1.82) is 0 Å². The van der Waals surface area contributed by atoms with Crippen LogP contribution in [0.5, 0.6) is 0 Å². The monoisotopic (exact) mass is 358 g/mol. The Balaban J connectivity index is 1.69. The van der Waals surface area contributed by atoms with E-state index >= 15 is 0 Å². The molecule has 1 N–H and O–H groups in total. The third-order valence-corrected chi connectivity index (χ3v) is 5.96. The number of fused-ring (bicyclic) bond motifs is 3. The summed E-state index contributed by atoms with van der Waals surface area (Å²) in [4.78, 5) is 10.9. The van der Waals surface area contributed by atoms with Gasteiger partial charge in [0.2, 0.25) is 5.95 Å². The van der Waals surface area contributed by atoms with Gasteiger partial charge in [0.1, 0.15) is 4.83 Å². The van der Waals surface area contributed by atoms with Crippen LogP contribution in [0.25, 0.3) is 20.4 Å². The van der Waals surface area contributed by atoms with E-state index in [0.717, 1.165) is 43.5 Å². The maximum absolute atomic E-state index is 9.60. The molecule has 1 aliphatic rings. The summed E-state index contributed by atoms with van der Waals surface area (Å²) in [5.41, 5.74) is 1.28. The van der Waals surface area contributed by atoms with E-state index < -0.39 is 0 Å². The minimum absolute atomic E-state index is 0.263. The fraction of sp³-hybridized carbons (Fsp3) is 0.526. The summed E-state index contributed by atoms with van der Waals surface area (Å²) < 4.78 is 3.71. The second kappa shape index (κ2) is 6.59. The van der Waals surface area contributed by atoms with Crippen LogP contribution in [-0.2, 0) is 0 Å². The van der Waals surface area contributed by atoms with Crippen LogP contribution in [0, 0.1) is 0 Å². The number of thiophene rings is 1. The van der Waals surface area contributed by atoms with Gasteiger partial charge in [-0.2, -0.15) is 0 Å². The number of benzene rings is 1. The Bertz CT molecular complexity index is 874. The summed E-state index contributed by atoms with van der Waals surface area (Å²) in [5, 5.41) is 10.9. The molecule has 0 radical (unpaired) electrons. The molecule has 1 atom stereocenters. The van der Waals surface area contributed by atoms with Gasteiger partial charge in [-0.25, -0.2) is 4.98 Å². The lowest BCUT2D eigenvalue weighted by Gasteiger charge is -2.36. The van der Waals surface area contributed by atoms with Crippen LogP contribution in [0.4, 0.5) is 5.95 Å². The van der Waals surface area contributed by atoms with E-state index in [0.29, 0.717) is 6.04 Å². The van der Waals surface area contributed by atoms with Crippen molar-refractivity contribution in [2.45, 2.75) is 32.9 Å². The molecule has 3 aromatic rings. The maximum atomic E-state index is 9.60. The fourth-order valence-electron chi connectivity index (χ4n) is 3.79. The first kappa shape index (κ1) is 16.8. The highest BCUT2D eigenvalue weighted by molar-refractivity contribution is 7.25. The van der Waals surface area contributed by atoms with Crippen molar-refractivity contribution in [3.8, 4) is 0 Å². The van der Waals surface area contributed by atoms with Crippen molar-refractivity contribution in [1.82, 2.24) is 14.5 Å². The van der Waals surface area contributed by atoms with Crippen molar-refractivity contribution in [2.24, 2.45) is 0 Å². The quantitative estimate of drug-likeness (QED) is 0.777. The van der Waals surface area contributed by atoms with Gasteiger partial charge >= 0.3 is 0 Å². The van der Waals surface area contributed by atoms with Crippen molar-refractivity contribution in [3.05, 3.63) is 24.3 Å². The molecular formula is C19H26N4OS. The van der Waals surface area contributed by atoms with E-state index in [9.17, 15) is 5.11 Å². The third kappa shape index (κ3) is 3.03. The van der Waals surface area contributed by atoms with Crippen LogP contribution in [0.1, 0.15) is 26.8 Å². The van der Waals surface area contributed by atoms with Crippen molar-refractivity contribution in [3.63, 3.8) is 0 Å². The molecule has 1 unspecified atom stereocenters. The summed E-state index contributed by atoms with van der Waals surface area (Å²) in [6.07, 6.45) is -0.263. The molecule has 2 aromatic heterocycles. The summed E-state index contributed by atoms with van der Waals surface area (Å²) in [6, 6.07) is 8.97. The number of nitrogens with zero attached hydrogens (tertiary/aromatic N) is 4. The van der Waals surface area contributed by atoms with Crippen LogP contribution in [0.15, 0.2) is 24.3 Å². The Morgan fingerprint density at radius 2 is 1.84 bits per heavy atom. The number of rotatable bonds is 4. The predicted octanol–water partition coefficient (Wildman–Crippen LogP) is 3.33. The zero-order chi connectivity index (χ0) is 17.6. The SMILES string of the molecule is CC(O)CN1CCN(c2nc3sc4ccccc4c3n2C(C)C)CC1. The number of aliphatic hydroxyl groups is 1. The zero-order valence-corrected chi connectivity index (χ0v) is 16.0. The van der Waals surface area contributed by atoms with Gasteiger partial charge in [-0.05, 0) is 26.8 Å². The van der Waals surface area contributed by atoms with Crippen LogP contribution in [0.2, 0.25) is 0 Å². The minimum Gasteiger partial charge on any atom is -0.392 e. The maximum Gasteiger partial charge on any atom is 0.207 e. The first-order valence-corrected chi connectivity index (χ1v) is 9.91. The van der Waals surface area contributed by atoms with Gasteiger partial charge in [-0.1, -0.05) is 18.2 Å². The molecule has 3 heterocycles. The second-order valence-electron chi connectivity index (χ2n) is 7.26. The highest BCUT2D eigenvalue weighted by Gasteiger charge is 2.25. The molecule has 0 saturated carbocycles. The fourth-order valence-corrected chi connectivity index (χ4v) is 4.85. The van der Waals surface area contributed by atoms with Gasteiger partial charge in [0.15, 0.2) is 0 Å². The topological polar surface area (TPSA) is 44.5 Å². The molecule has 134 valence electrons. The molecule has 4 rings (SSSR count). The molecule has 1 aromatic carbocycles. The second-order valence-corrected chi connectivity index (χ2v) is 8.29. The number of aromatic nitrogens is 2. The lowest BCUT2D eigenvalue weighted by molar-refractivity contribution is 0.122. The van der Waals surface area contributed by atoms with Crippen LogP contribution in [-0.4, -0.2) is 58.4 Å². The highest BCUT2D eigenvalue weighted by atomic mass is 32.1. The van der Waals surface area contributed by atoms with E-state index in [2.05, 4.69) is 52.5 Å². The Labute approximate surface area is 152 Å². The molecule has 1 fully saturated rings. The molecule has 5 nitrogen and oxygen atoms in total. The molecule has 25 heavy (non-hydrogen) atoms. The Kier molecular flexibility index (Phi) is 4.43.